The summed E-state index contributed by atoms with van der Waals surface area (Å²) in [6, 6.07) is 10.2. The van der Waals surface area contributed by atoms with E-state index in [4.69, 9.17) is 0 Å². The maximum absolute atomic E-state index is 9.34. The van der Waals surface area contributed by atoms with Gasteiger partial charge in [0.2, 0.25) is 0 Å². The van der Waals surface area contributed by atoms with Gasteiger partial charge in [0.25, 0.3) is 0 Å². The molecule has 1 N–H and O–H groups in total. The second-order valence-corrected chi connectivity index (χ2v) is 3.98. The minimum Gasteiger partial charge on any atom is -0.446 e. The molecule has 0 fully saturated rings. The minimum absolute atomic E-state index is 0.345. The molecule has 12 heavy (non-hydrogen) atoms. The number of hydrogen-bond donors (Lipinski definition) is 1. The summed E-state index contributed by atoms with van der Waals surface area (Å²) in [5.41, 5.74) is 0. The van der Waals surface area contributed by atoms with Gasteiger partial charge < -0.3 is 5.02 Å². The van der Waals surface area contributed by atoms with Gasteiger partial charge in [-0.1, -0.05) is 25.0 Å². The fraction of sp³-hybridized carbons (Fsp3) is 0.111. The Hall–Kier alpha value is -0.795. The molecular formula is C9H9BOS. The van der Waals surface area contributed by atoms with Crippen molar-refractivity contribution in [3.63, 3.8) is 0 Å². The number of fused-ring (bicyclic) bond motifs is 1. The van der Waals surface area contributed by atoms with Crippen LogP contribution in [0.1, 0.15) is 0 Å². The zero-order chi connectivity index (χ0) is 8.55. The Morgan fingerprint density at radius 1 is 1.33 bits per heavy atom. The third kappa shape index (κ3) is 1.26. The van der Waals surface area contributed by atoms with Crippen LogP contribution in [0.2, 0.25) is 6.82 Å². The third-order valence-electron chi connectivity index (χ3n) is 1.86. The summed E-state index contributed by atoms with van der Waals surface area (Å²) < 4.78 is 2.28. The summed E-state index contributed by atoms with van der Waals surface area (Å²) in [6.45, 7) is 1.45. The Labute approximate surface area is 75.8 Å². The highest BCUT2D eigenvalue weighted by Crippen LogP contribution is 2.18. The molecular weight excluding hydrogens is 167 g/mol. The van der Waals surface area contributed by atoms with Crippen LogP contribution >= 0.6 is 11.3 Å². The molecule has 2 aromatic rings. The van der Waals surface area contributed by atoms with Crippen LogP contribution in [-0.2, 0) is 0 Å². The lowest BCUT2D eigenvalue weighted by Gasteiger charge is -1.89. The molecule has 0 unspecified atom stereocenters. The van der Waals surface area contributed by atoms with Crippen molar-refractivity contribution in [2.45, 2.75) is 6.82 Å². The Morgan fingerprint density at radius 2 is 2.08 bits per heavy atom. The van der Waals surface area contributed by atoms with Crippen LogP contribution < -0.4 is 4.78 Å². The molecule has 2 rings (SSSR count). The van der Waals surface area contributed by atoms with E-state index in [-0.39, 0.29) is 6.92 Å². The number of thiophene rings is 1. The maximum Gasteiger partial charge on any atom is 0.330 e. The highest BCUT2D eigenvalue weighted by Gasteiger charge is 2.09. The Bertz CT molecular complexity index is 361. The molecule has 1 nitrogen and oxygen atoms in total. The molecule has 0 atom stereocenters. The molecule has 0 spiro atoms. The molecule has 0 saturated heterocycles. The van der Waals surface area contributed by atoms with Gasteiger partial charge in [0.15, 0.2) is 0 Å². The van der Waals surface area contributed by atoms with Gasteiger partial charge in [0, 0.05) is 9.48 Å². The summed E-state index contributed by atoms with van der Waals surface area (Å²) in [7, 11) is 0. The monoisotopic (exact) mass is 176 g/mol. The fourth-order valence-corrected chi connectivity index (χ4v) is 2.21. The molecule has 1 heterocycles. The molecule has 0 radical (unpaired) electrons. The summed E-state index contributed by atoms with van der Waals surface area (Å²) in [5.74, 6) is 0. The molecule has 0 aliphatic heterocycles. The van der Waals surface area contributed by atoms with Crippen LogP contribution in [-0.4, -0.2) is 11.9 Å². The Balaban J connectivity index is 2.62. The first-order valence-corrected chi connectivity index (χ1v) is 4.75. The Morgan fingerprint density at radius 3 is 2.75 bits per heavy atom. The van der Waals surface area contributed by atoms with Crippen LogP contribution in [0.25, 0.3) is 10.1 Å². The van der Waals surface area contributed by atoms with Crippen molar-refractivity contribution in [3.8, 4) is 0 Å². The zero-order valence-electron chi connectivity index (χ0n) is 6.82. The van der Waals surface area contributed by atoms with E-state index in [2.05, 4.69) is 12.1 Å². The van der Waals surface area contributed by atoms with Crippen molar-refractivity contribution in [1.82, 2.24) is 0 Å². The van der Waals surface area contributed by atoms with E-state index in [1.807, 2.05) is 18.2 Å². The average Bonchev–Trinajstić information content (AvgIpc) is 2.46. The van der Waals surface area contributed by atoms with Gasteiger partial charge in [-0.2, -0.15) is 0 Å². The molecule has 0 amide bonds. The van der Waals surface area contributed by atoms with Crippen LogP contribution in [0, 0.1) is 0 Å². The van der Waals surface area contributed by atoms with Gasteiger partial charge in [0.1, 0.15) is 0 Å². The molecule has 1 aromatic heterocycles. The molecule has 0 bridgehead atoms. The second kappa shape index (κ2) is 2.92. The Kier molecular flexibility index (Phi) is 1.91. The number of hydrogen-bond acceptors (Lipinski definition) is 2. The summed E-state index contributed by atoms with van der Waals surface area (Å²) in [4.78, 5) is 0. The van der Waals surface area contributed by atoms with Gasteiger partial charge in [-0.25, -0.2) is 0 Å². The van der Waals surface area contributed by atoms with E-state index >= 15 is 0 Å². The van der Waals surface area contributed by atoms with Gasteiger partial charge in [0.05, 0.1) is 0 Å². The zero-order valence-corrected chi connectivity index (χ0v) is 7.64. The van der Waals surface area contributed by atoms with Gasteiger partial charge >= 0.3 is 6.92 Å². The van der Waals surface area contributed by atoms with Crippen LogP contribution in [0.5, 0.6) is 0 Å². The number of rotatable bonds is 1. The van der Waals surface area contributed by atoms with E-state index in [0.717, 1.165) is 4.78 Å². The topological polar surface area (TPSA) is 20.2 Å². The third-order valence-corrected chi connectivity index (χ3v) is 3.14. The van der Waals surface area contributed by atoms with E-state index in [1.165, 1.54) is 10.1 Å². The second-order valence-electron chi connectivity index (χ2n) is 2.86. The van der Waals surface area contributed by atoms with Gasteiger partial charge in [-0.05, 0) is 17.5 Å². The van der Waals surface area contributed by atoms with Crippen molar-refractivity contribution in [2.75, 3.05) is 0 Å². The molecule has 0 saturated carbocycles. The molecule has 0 aliphatic carbocycles. The first kappa shape index (κ1) is 7.83. The first-order chi connectivity index (χ1) is 5.77. The van der Waals surface area contributed by atoms with Gasteiger partial charge in [-0.3, -0.25) is 0 Å². The van der Waals surface area contributed by atoms with E-state index in [9.17, 15) is 5.02 Å². The minimum atomic E-state index is -0.345. The predicted molar refractivity (Wildman–Crippen MR) is 55.3 cm³/mol. The summed E-state index contributed by atoms with van der Waals surface area (Å²) in [5, 5.41) is 10.6. The lowest BCUT2D eigenvalue weighted by Crippen LogP contribution is -2.21. The normalized spacial score (nSPS) is 10.5. The lowest BCUT2D eigenvalue weighted by molar-refractivity contribution is 0.595. The molecule has 1 aromatic carbocycles. The standard InChI is InChI=1S/C9H9BOS/c1-10(11)9-6-7-4-2-3-5-8(7)12-9/h2-6,11H,1H3. The quantitative estimate of drug-likeness (QED) is 0.656. The molecule has 60 valence electrons. The lowest BCUT2D eigenvalue weighted by atomic mass is 9.70. The van der Waals surface area contributed by atoms with Gasteiger partial charge in [-0.15, -0.1) is 11.3 Å². The van der Waals surface area contributed by atoms with Crippen molar-refractivity contribution < 1.29 is 5.02 Å². The van der Waals surface area contributed by atoms with E-state index in [1.54, 1.807) is 18.2 Å². The first-order valence-electron chi connectivity index (χ1n) is 3.94. The summed E-state index contributed by atoms with van der Waals surface area (Å²) >= 11 is 1.66. The predicted octanol–water partition coefficient (Wildman–Crippen LogP) is 1.72. The van der Waals surface area contributed by atoms with Crippen molar-refractivity contribution in [2.24, 2.45) is 0 Å². The average molecular weight is 176 g/mol. The maximum atomic E-state index is 9.34. The van der Waals surface area contributed by atoms with E-state index in [0.29, 0.717) is 0 Å². The smallest absolute Gasteiger partial charge is 0.330 e. The van der Waals surface area contributed by atoms with Crippen molar-refractivity contribution in [3.05, 3.63) is 30.3 Å². The molecule has 3 heteroatoms. The largest absolute Gasteiger partial charge is 0.446 e. The van der Waals surface area contributed by atoms with Crippen molar-refractivity contribution in [1.29, 1.82) is 0 Å². The summed E-state index contributed by atoms with van der Waals surface area (Å²) in [6.07, 6.45) is 0. The SMILES string of the molecule is CB(O)c1cc2ccccc2s1. The van der Waals surface area contributed by atoms with Crippen LogP contribution in [0.15, 0.2) is 30.3 Å². The van der Waals surface area contributed by atoms with Crippen LogP contribution in [0.4, 0.5) is 0 Å². The fourth-order valence-electron chi connectivity index (χ4n) is 1.21. The number of benzene rings is 1. The van der Waals surface area contributed by atoms with Crippen LogP contribution in [0.3, 0.4) is 0 Å². The highest BCUT2D eigenvalue weighted by atomic mass is 32.1. The van der Waals surface area contributed by atoms with Crippen molar-refractivity contribution >= 4 is 33.1 Å². The highest BCUT2D eigenvalue weighted by molar-refractivity contribution is 7.28. The molecule has 0 aliphatic rings. The van der Waals surface area contributed by atoms with E-state index < -0.39 is 0 Å².